The summed E-state index contributed by atoms with van der Waals surface area (Å²) < 4.78 is 24.3. The van der Waals surface area contributed by atoms with Gasteiger partial charge in [0.05, 0.1) is 0 Å². The molecule has 0 atom stereocenters. The van der Waals surface area contributed by atoms with Gasteiger partial charge >= 0.3 is 0 Å². The van der Waals surface area contributed by atoms with Gasteiger partial charge in [0.25, 0.3) is 5.76 Å². The Labute approximate surface area is 96.5 Å². The molecule has 0 saturated heterocycles. The first-order valence-corrected chi connectivity index (χ1v) is 5.66. The van der Waals surface area contributed by atoms with Crippen LogP contribution in [-0.4, -0.2) is 34.3 Å². The first kappa shape index (κ1) is 12.9. The van der Waals surface area contributed by atoms with Crippen LogP contribution in [0.15, 0.2) is 5.16 Å². The Kier molecular flexibility index (Phi) is 5.17. The molecule has 0 amide bonds. The minimum Gasteiger partial charge on any atom is -0.357 e. The van der Waals surface area contributed by atoms with Gasteiger partial charge < -0.3 is 10.6 Å². The number of aromatic nitrogens is 3. The van der Waals surface area contributed by atoms with E-state index in [-0.39, 0.29) is 11.1 Å². The second-order valence-electron chi connectivity index (χ2n) is 2.82. The summed E-state index contributed by atoms with van der Waals surface area (Å²) in [5.74, 6) is -1.95. The lowest BCUT2D eigenvalue weighted by molar-refractivity contribution is 0.251. The van der Waals surface area contributed by atoms with Crippen LogP contribution in [-0.2, 0) is 0 Å². The van der Waals surface area contributed by atoms with Crippen molar-refractivity contribution in [2.24, 2.45) is 0 Å². The lowest BCUT2D eigenvalue weighted by Crippen LogP contribution is -2.08. The Morgan fingerprint density at radius 2 is 1.94 bits per heavy atom. The van der Waals surface area contributed by atoms with Gasteiger partial charge in [0, 0.05) is 13.6 Å². The topological polar surface area (TPSA) is 62.7 Å². The second kappa shape index (κ2) is 6.41. The number of rotatable bonds is 6. The molecule has 0 spiro atoms. The molecule has 1 aromatic rings. The Morgan fingerprint density at radius 1 is 1.25 bits per heavy atom. The van der Waals surface area contributed by atoms with Gasteiger partial charge in [-0.05, 0) is 18.2 Å². The van der Waals surface area contributed by atoms with E-state index in [9.17, 15) is 8.78 Å². The summed E-state index contributed by atoms with van der Waals surface area (Å²) in [4.78, 5) is 11.7. The number of nitrogens with one attached hydrogen (secondary N) is 2. The smallest absolute Gasteiger partial charge is 0.291 e. The van der Waals surface area contributed by atoms with Gasteiger partial charge in [-0.15, -0.1) is 0 Å². The van der Waals surface area contributed by atoms with Gasteiger partial charge in [0.2, 0.25) is 11.9 Å². The van der Waals surface area contributed by atoms with Gasteiger partial charge in [-0.3, -0.25) is 0 Å². The van der Waals surface area contributed by atoms with Crippen molar-refractivity contribution < 1.29 is 8.78 Å². The van der Waals surface area contributed by atoms with Crippen LogP contribution in [0.2, 0.25) is 0 Å². The Hall–Kier alpha value is -1.18. The standard InChI is InChI=1S/C8H13F2N5S/c1-3-4-12-7-13-6(11-2)14-8(15-7)16-5(9)10/h5H,3-4H2,1-2H3,(H2,11,12,13,14,15). The van der Waals surface area contributed by atoms with E-state index in [0.29, 0.717) is 24.3 Å². The highest BCUT2D eigenvalue weighted by Gasteiger charge is 2.11. The molecule has 0 bridgehead atoms. The number of anilines is 2. The fraction of sp³-hybridized carbons (Fsp3) is 0.625. The average molecular weight is 249 g/mol. The van der Waals surface area contributed by atoms with Crippen LogP contribution < -0.4 is 10.6 Å². The highest BCUT2D eigenvalue weighted by Crippen LogP contribution is 2.22. The predicted molar refractivity (Wildman–Crippen MR) is 60.0 cm³/mol. The van der Waals surface area contributed by atoms with E-state index in [4.69, 9.17) is 0 Å². The van der Waals surface area contributed by atoms with Gasteiger partial charge in [0.15, 0.2) is 5.16 Å². The van der Waals surface area contributed by atoms with E-state index >= 15 is 0 Å². The number of nitrogens with zero attached hydrogens (tertiary/aromatic N) is 3. The maximum absolute atomic E-state index is 12.2. The molecule has 8 heteroatoms. The third-order valence-electron chi connectivity index (χ3n) is 1.57. The van der Waals surface area contributed by atoms with Crippen molar-refractivity contribution in [3.63, 3.8) is 0 Å². The fourth-order valence-electron chi connectivity index (χ4n) is 0.917. The van der Waals surface area contributed by atoms with Crippen molar-refractivity contribution in [1.29, 1.82) is 0 Å². The lowest BCUT2D eigenvalue weighted by Gasteiger charge is -2.06. The zero-order chi connectivity index (χ0) is 12.0. The lowest BCUT2D eigenvalue weighted by atomic mass is 10.5. The van der Waals surface area contributed by atoms with E-state index in [0.717, 1.165) is 6.42 Å². The average Bonchev–Trinajstić information content (AvgIpc) is 2.25. The van der Waals surface area contributed by atoms with Crippen molar-refractivity contribution in [2.75, 3.05) is 24.2 Å². The zero-order valence-electron chi connectivity index (χ0n) is 9.00. The van der Waals surface area contributed by atoms with Crippen LogP contribution in [0.1, 0.15) is 13.3 Å². The molecule has 16 heavy (non-hydrogen) atoms. The third-order valence-corrected chi connectivity index (χ3v) is 2.14. The highest BCUT2D eigenvalue weighted by molar-refractivity contribution is 7.99. The van der Waals surface area contributed by atoms with Gasteiger partial charge in [-0.2, -0.15) is 23.7 Å². The minimum absolute atomic E-state index is 0.00736. The molecule has 0 saturated carbocycles. The van der Waals surface area contributed by atoms with E-state index in [1.54, 1.807) is 7.05 Å². The maximum Gasteiger partial charge on any atom is 0.291 e. The van der Waals surface area contributed by atoms with Gasteiger partial charge in [-0.25, -0.2) is 0 Å². The van der Waals surface area contributed by atoms with Crippen molar-refractivity contribution >= 4 is 23.7 Å². The Morgan fingerprint density at radius 3 is 2.50 bits per heavy atom. The quantitative estimate of drug-likeness (QED) is 0.752. The van der Waals surface area contributed by atoms with Crippen LogP contribution in [0.25, 0.3) is 0 Å². The summed E-state index contributed by atoms with van der Waals surface area (Å²) in [7, 11) is 1.62. The molecule has 0 aliphatic rings. The number of thioether (sulfide) groups is 1. The summed E-state index contributed by atoms with van der Waals surface area (Å²) >= 11 is 0.300. The van der Waals surface area contributed by atoms with E-state index < -0.39 is 5.76 Å². The van der Waals surface area contributed by atoms with Crippen molar-refractivity contribution in [2.45, 2.75) is 24.3 Å². The molecule has 0 fully saturated rings. The van der Waals surface area contributed by atoms with Crippen LogP contribution in [0, 0.1) is 0 Å². The van der Waals surface area contributed by atoms with Crippen LogP contribution >= 0.6 is 11.8 Å². The molecule has 0 aromatic carbocycles. The van der Waals surface area contributed by atoms with E-state index in [1.807, 2.05) is 6.92 Å². The second-order valence-corrected chi connectivity index (χ2v) is 3.78. The molecule has 0 aliphatic carbocycles. The molecular formula is C8H13F2N5S. The highest BCUT2D eigenvalue weighted by atomic mass is 32.2. The van der Waals surface area contributed by atoms with Gasteiger partial charge in [-0.1, -0.05) is 6.92 Å². The number of halogens is 2. The number of hydrogen-bond acceptors (Lipinski definition) is 6. The van der Waals surface area contributed by atoms with Crippen LogP contribution in [0.3, 0.4) is 0 Å². The number of alkyl halides is 2. The van der Waals surface area contributed by atoms with E-state index in [1.165, 1.54) is 0 Å². The molecule has 90 valence electrons. The molecule has 1 aromatic heterocycles. The monoisotopic (exact) mass is 249 g/mol. The van der Waals surface area contributed by atoms with Crippen molar-refractivity contribution in [3.8, 4) is 0 Å². The Bertz CT molecular complexity index is 336. The first-order valence-electron chi connectivity index (χ1n) is 4.78. The van der Waals surface area contributed by atoms with Crippen molar-refractivity contribution in [3.05, 3.63) is 0 Å². The molecule has 0 aliphatic heterocycles. The summed E-state index contributed by atoms with van der Waals surface area (Å²) in [5, 5.41) is 5.63. The van der Waals surface area contributed by atoms with Crippen LogP contribution in [0.5, 0.6) is 0 Å². The SMILES string of the molecule is CCCNc1nc(NC)nc(SC(F)F)n1. The molecule has 0 unspecified atom stereocenters. The minimum atomic E-state index is -2.54. The first-order chi connectivity index (χ1) is 7.65. The molecule has 2 N–H and O–H groups in total. The number of hydrogen-bond donors (Lipinski definition) is 2. The van der Waals surface area contributed by atoms with Crippen molar-refractivity contribution in [1.82, 2.24) is 15.0 Å². The molecular weight excluding hydrogens is 236 g/mol. The largest absolute Gasteiger partial charge is 0.357 e. The predicted octanol–water partition coefficient (Wildman–Crippen LogP) is 2.05. The van der Waals surface area contributed by atoms with Crippen LogP contribution in [0.4, 0.5) is 20.7 Å². The van der Waals surface area contributed by atoms with Gasteiger partial charge in [0.1, 0.15) is 0 Å². The Balaban J connectivity index is 2.82. The summed E-state index contributed by atoms with van der Waals surface area (Å²) in [6, 6.07) is 0. The van der Waals surface area contributed by atoms with E-state index in [2.05, 4.69) is 25.6 Å². The molecule has 1 heterocycles. The third kappa shape index (κ3) is 4.13. The summed E-state index contributed by atoms with van der Waals surface area (Å²) in [6.45, 7) is 2.67. The normalized spacial score (nSPS) is 10.6. The molecule has 5 nitrogen and oxygen atoms in total. The fourth-order valence-corrected chi connectivity index (χ4v) is 1.35. The summed E-state index contributed by atoms with van der Waals surface area (Å²) in [5.41, 5.74) is 0. The maximum atomic E-state index is 12.2. The molecule has 0 radical (unpaired) electrons. The summed E-state index contributed by atoms with van der Waals surface area (Å²) in [6.07, 6.45) is 0.901. The molecule has 1 rings (SSSR count). The zero-order valence-corrected chi connectivity index (χ0v) is 9.81.